The van der Waals surface area contributed by atoms with Crippen molar-refractivity contribution < 1.29 is 4.79 Å². The Kier molecular flexibility index (Phi) is 2.49. The molecule has 18 heavy (non-hydrogen) atoms. The summed E-state index contributed by atoms with van der Waals surface area (Å²) in [5.41, 5.74) is 9.99. The molecule has 1 aromatic carbocycles. The van der Waals surface area contributed by atoms with E-state index in [1.54, 1.807) is 0 Å². The molecule has 0 aromatic heterocycles. The van der Waals surface area contributed by atoms with Crippen molar-refractivity contribution in [1.82, 2.24) is 0 Å². The minimum atomic E-state index is 0.108. The minimum absolute atomic E-state index is 0.108. The highest BCUT2D eigenvalue weighted by Crippen LogP contribution is 2.54. The molecule has 1 saturated carbocycles. The van der Waals surface area contributed by atoms with Crippen molar-refractivity contribution in [3.8, 4) is 0 Å². The molecule has 0 saturated heterocycles. The fraction of sp³-hybridized carbons (Fsp3) is 0.533. The number of anilines is 1. The lowest BCUT2D eigenvalue weighted by atomic mass is 9.84. The van der Waals surface area contributed by atoms with E-state index in [-0.39, 0.29) is 17.4 Å². The molecule has 2 N–H and O–H groups in total. The summed E-state index contributed by atoms with van der Waals surface area (Å²) in [5.74, 6) is 0.218. The number of fused-ring (bicyclic) bond motifs is 1. The van der Waals surface area contributed by atoms with Gasteiger partial charge in [-0.25, -0.2) is 0 Å². The van der Waals surface area contributed by atoms with Crippen molar-refractivity contribution >= 4 is 11.6 Å². The summed E-state index contributed by atoms with van der Waals surface area (Å²) in [6.07, 6.45) is 3.77. The summed E-state index contributed by atoms with van der Waals surface area (Å²) < 4.78 is 0. The maximum absolute atomic E-state index is 11.9. The van der Waals surface area contributed by atoms with Gasteiger partial charge in [-0.1, -0.05) is 18.2 Å². The van der Waals surface area contributed by atoms with Gasteiger partial charge in [0, 0.05) is 24.9 Å². The van der Waals surface area contributed by atoms with Crippen molar-refractivity contribution in [2.45, 2.75) is 44.1 Å². The highest BCUT2D eigenvalue weighted by molar-refractivity contribution is 5.97. The molecule has 2 aliphatic rings. The zero-order chi connectivity index (χ0) is 12.9. The largest absolute Gasteiger partial charge is 0.327 e. The van der Waals surface area contributed by atoms with Crippen molar-refractivity contribution in [3.05, 3.63) is 29.3 Å². The maximum atomic E-state index is 11.9. The second kappa shape index (κ2) is 3.82. The number of nitrogens with zero attached hydrogens (tertiary/aromatic N) is 1. The van der Waals surface area contributed by atoms with Crippen LogP contribution in [0.4, 0.5) is 5.69 Å². The van der Waals surface area contributed by atoms with Crippen LogP contribution >= 0.6 is 0 Å². The normalized spacial score (nSPS) is 22.6. The van der Waals surface area contributed by atoms with Gasteiger partial charge in [0.25, 0.3) is 0 Å². The maximum Gasteiger partial charge on any atom is 0.227 e. The van der Waals surface area contributed by atoms with Gasteiger partial charge in [0.05, 0.1) is 5.69 Å². The van der Waals surface area contributed by atoms with Crippen LogP contribution in [0.3, 0.4) is 0 Å². The predicted molar refractivity (Wildman–Crippen MR) is 72.7 cm³/mol. The Morgan fingerprint density at radius 2 is 2.06 bits per heavy atom. The molecule has 3 rings (SSSR count). The van der Waals surface area contributed by atoms with Gasteiger partial charge < -0.3 is 10.6 Å². The van der Waals surface area contributed by atoms with E-state index in [1.165, 1.54) is 11.1 Å². The Labute approximate surface area is 108 Å². The van der Waals surface area contributed by atoms with Crippen LogP contribution in [0.2, 0.25) is 0 Å². The summed E-state index contributed by atoms with van der Waals surface area (Å²) in [4.78, 5) is 13.8. The first-order chi connectivity index (χ1) is 8.56. The molecule has 0 spiro atoms. The summed E-state index contributed by atoms with van der Waals surface area (Å²) >= 11 is 0. The van der Waals surface area contributed by atoms with Gasteiger partial charge in [-0.05, 0) is 37.3 Å². The van der Waals surface area contributed by atoms with Crippen LogP contribution in [-0.4, -0.2) is 19.0 Å². The summed E-state index contributed by atoms with van der Waals surface area (Å²) in [6, 6.07) is 6.55. The molecule has 96 valence electrons. The summed E-state index contributed by atoms with van der Waals surface area (Å²) in [5, 5.41) is 0. The number of hydrogen-bond acceptors (Lipinski definition) is 2. The van der Waals surface area contributed by atoms with Crippen molar-refractivity contribution in [2.75, 3.05) is 11.9 Å². The van der Waals surface area contributed by atoms with Crippen LogP contribution in [0.5, 0.6) is 0 Å². The molecule has 1 aliphatic heterocycles. The topological polar surface area (TPSA) is 46.3 Å². The molecule has 1 aliphatic carbocycles. The standard InChI is InChI=1S/C15H20N2O/c1-10(16)15(8-9-15)12-5-3-4-11-6-7-13(18)17(2)14(11)12/h3-5,10H,6-9,16H2,1-2H3. The molecule has 0 bridgehead atoms. The van der Waals surface area contributed by atoms with Gasteiger partial charge in [-0.3, -0.25) is 4.79 Å². The highest BCUT2D eigenvalue weighted by Gasteiger charge is 2.49. The molecule has 0 radical (unpaired) electrons. The fourth-order valence-electron chi connectivity index (χ4n) is 3.23. The van der Waals surface area contributed by atoms with E-state index in [4.69, 9.17) is 5.73 Å². The monoisotopic (exact) mass is 244 g/mol. The zero-order valence-corrected chi connectivity index (χ0v) is 11.1. The van der Waals surface area contributed by atoms with Gasteiger partial charge in [0.1, 0.15) is 0 Å². The van der Waals surface area contributed by atoms with Gasteiger partial charge in [-0.15, -0.1) is 0 Å². The molecule has 1 atom stereocenters. The number of amides is 1. The fourth-order valence-corrected chi connectivity index (χ4v) is 3.23. The Morgan fingerprint density at radius 1 is 1.33 bits per heavy atom. The van der Waals surface area contributed by atoms with Gasteiger partial charge in [-0.2, -0.15) is 0 Å². The lowest BCUT2D eigenvalue weighted by Crippen LogP contribution is -2.37. The third-order valence-electron chi connectivity index (χ3n) is 4.63. The number of nitrogens with two attached hydrogens (primary N) is 1. The average Bonchev–Trinajstić information content (AvgIpc) is 3.15. The molecular weight excluding hydrogens is 224 g/mol. The second-order valence-electron chi connectivity index (χ2n) is 5.71. The number of para-hydroxylation sites is 1. The predicted octanol–water partition coefficient (Wildman–Crippen LogP) is 1.97. The third kappa shape index (κ3) is 1.50. The number of carbonyl (C=O) groups excluding carboxylic acids is 1. The number of benzene rings is 1. The van der Waals surface area contributed by atoms with Crippen molar-refractivity contribution in [2.24, 2.45) is 5.73 Å². The Morgan fingerprint density at radius 3 is 2.67 bits per heavy atom. The number of hydrogen-bond donors (Lipinski definition) is 1. The van der Waals surface area contributed by atoms with Crippen LogP contribution < -0.4 is 10.6 Å². The summed E-state index contributed by atoms with van der Waals surface area (Å²) in [6.45, 7) is 2.08. The molecule has 1 fully saturated rings. The van der Waals surface area contributed by atoms with Crippen LogP contribution in [0.1, 0.15) is 37.3 Å². The van der Waals surface area contributed by atoms with E-state index >= 15 is 0 Å². The van der Waals surface area contributed by atoms with E-state index in [9.17, 15) is 4.79 Å². The quantitative estimate of drug-likeness (QED) is 0.864. The first-order valence-corrected chi connectivity index (χ1v) is 6.71. The number of rotatable bonds is 2. The van der Waals surface area contributed by atoms with Crippen LogP contribution in [0, 0.1) is 0 Å². The molecule has 1 amide bonds. The SMILES string of the molecule is CC(N)C1(c2cccc3c2N(C)C(=O)CC3)CC1. The smallest absolute Gasteiger partial charge is 0.227 e. The Hall–Kier alpha value is -1.35. The molecule has 1 aromatic rings. The van der Waals surface area contributed by atoms with Gasteiger partial charge >= 0.3 is 0 Å². The minimum Gasteiger partial charge on any atom is -0.327 e. The summed E-state index contributed by atoms with van der Waals surface area (Å²) in [7, 11) is 1.89. The first-order valence-electron chi connectivity index (χ1n) is 6.71. The third-order valence-corrected chi connectivity index (χ3v) is 4.63. The molecule has 3 heteroatoms. The Balaban J connectivity index is 2.15. The van der Waals surface area contributed by atoms with Crippen LogP contribution in [0.25, 0.3) is 0 Å². The van der Waals surface area contributed by atoms with Crippen molar-refractivity contribution in [1.29, 1.82) is 0 Å². The first kappa shape index (κ1) is 11.7. The molecule has 1 heterocycles. The van der Waals surface area contributed by atoms with Crippen molar-refractivity contribution in [3.63, 3.8) is 0 Å². The molecular formula is C15H20N2O. The van der Waals surface area contributed by atoms with Gasteiger partial charge in [0.15, 0.2) is 0 Å². The number of carbonyl (C=O) groups is 1. The van der Waals surface area contributed by atoms with Crippen LogP contribution in [0.15, 0.2) is 18.2 Å². The van der Waals surface area contributed by atoms with E-state index in [2.05, 4.69) is 25.1 Å². The van der Waals surface area contributed by atoms with E-state index in [0.29, 0.717) is 6.42 Å². The zero-order valence-electron chi connectivity index (χ0n) is 11.1. The Bertz CT molecular complexity index is 503. The number of aryl methyl sites for hydroxylation is 1. The lowest BCUT2D eigenvalue weighted by molar-refractivity contribution is -0.118. The van der Waals surface area contributed by atoms with E-state index < -0.39 is 0 Å². The molecule has 1 unspecified atom stereocenters. The highest BCUT2D eigenvalue weighted by atomic mass is 16.2. The average molecular weight is 244 g/mol. The lowest BCUT2D eigenvalue weighted by Gasteiger charge is -2.32. The van der Waals surface area contributed by atoms with E-state index in [1.807, 2.05) is 11.9 Å². The second-order valence-corrected chi connectivity index (χ2v) is 5.71. The van der Waals surface area contributed by atoms with E-state index in [0.717, 1.165) is 24.9 Å². The van der Waals surface area contributed by atoms with Crippen LogP contribution in [-0.2, 0) is 16.6 Å². The molecule has 3 nitrogen and oxygen atoms in total. The van der Waals surface area contributed by atoms with Gasteiger partial charge in [0.2, 0.25) is 5.91 Å².